The SMILES string of the molecule is CC(C)(C)C(NC(=O)[C@H](CCCCN1C(=O)c2ccccc2C1=O)CC(=O)O)C(=O)NC1CCCCC1. The number of hydrogen-bond acceptors (Lipinski definition) is 5. The van der Waals surface area contributed by atoms with Gasteiger partial charge in [0, 0.05) is 18.5 Å². The highest BCUT2D eigenvalue weighted by atomic mass is 16.4. The van der Waals surface area contributed by atoms with Crippen molar-refractivity contribution in [3.05, 3.63) is 35.4 Å². The molecule has 1 aliphatic carbocycles. The highest BCUT2D eigenvalue weighted by Crippen LogP contribution is 2.25. The molecule has 1 unspecified atom stereocenters. The Morgan fingerprint density at radius 2 is 1.57 bits per heavy atom. The topological polar surface area (TPSA) is 133 Å². The van der Waals surface area contributed by atoms with Crippen molar-refractivity contribution in [2.24, 2.45) is 11.3 Å². The number of amides is 4. The average molecular weight is 514 g/mol. The number of nitrogens with zero attached hydrogens (tertiary/aromatic N) is 1. The smallest absolute Gasteiger partial charge is 0.304 e. The van der Waals surface area contributed by atoms with Gasteiger partial charge in [0.1, 0.15) is 6.04 Å². The molecule has 3 rings (SSSR count). The Kier molecular flexibility index (Phi) is 9.45. The third-order valence-electron chi connectivity index (χ3n) is 7.22. The Hall–Kier alpha value is -3.23. The van der Waals surface area contributed by atoms with Gasteiger partial charge in [-0.15, -0.1) is 0 Å². The van der Waals surface area contributed by atoms with Crippen molar-refractivity contribution < 1.29 is 29.1 Å². The zero-order valence-corrected chi connectivity index (χ0v) is 22.0. The summed E-state index contributed by atoms with van der Waals surface area (Å²) in [7, 11) is 0. The van der Waals surface area contributed by atoms with Crippen LogP contribution in [-0.2, 0) is 14.4 Å². The number of fused-ring (bicyclic) bond motifs is 1. The molecule has 1 fully saturated rings. The lowest BCUT2D eigenvalue weighted by Crippen LogP contribution is -2.56. The molecule has 1 aromatic carbocycles. The van der Waals surface area contributed by atoms with Gasteiger partial charge in [-0.25, -0.2) is 0 Å². The Labute approximate surface area is 218 Å². The van der Waals surface area contributed by atoms with Gasteiger partial charge in [-0.3, -0.25) is 28.9 Å². The van der Waals surface area contributed by atoms with E-state index in [9.17, 15) is 29.1 Å². The number of carbonyl (C=O) groups excluding carboxylic acids is 4. The fourth-order valence-corrected chi connectivity index (χ4v) is 5.11. The van der Waals surface area contributed by atoms with Crippen LogP contribution in [0.2, 0.25) is 0 Å². The predicted octanol–water partition coefficient (Wildman–Crippen LogP) is 3.52. The number of carbonyl (C=O) groups is 5. The molecule has 1 aliphatic heterocycles. The lowest BCUT2D eigenvalue weighted by Gasteiger charge is -2.33. The maximum absolute atomic E-state index is 13.2. The molecule has 9 nitrogen and oxygen atoms in total. The number of benzene rings is 1. The minimum Gasteiger partial charge on any atom is -0.481 e. The molecular formula is C28H39N3O6. The van der Waals surface area contributed by atoms with Crippen LogP contribution in [0.1, 0.15) is 99.3 Å². The second-order valence-electron chi connectivity index (χ2n) is 11.2. The summed E-state index contributed by atoms with van der Waals surface area (Å²) in [5.41, 5.74) is 0.207. The van der Waals surface area contributed by atoms with Gasteiger partial charge in [-0.2, -0.15) is 0 Å². The summed E-state index contributed by atoms with van der Waals surface area (Å²) < 4.78 is 0. The summed E-state index contributed by atoms with van der Waals surface area (Å²) in [6, 6.07) is 5.97. The Morgan fingerprint density at radius 3 is 2.11 bits per heavy atom. The van der Waals surface area contributed by atoms with E-state index in [0.717, 1.165) is 32.1 Å². The van der Waals surface area contributed by atoms with E-state index in [1.54, 1.807) is 24.3 Å². The number of carboxylic acids is 1. The van der Waals surface area contributed by atoms with Crippen molar-refractivity contribution in [2.75, 3.05) is 6.54 Å². The van der Waals surface area contributed by atoms with Crippen molar-refractivity contribution in [2.45, 2.75) is 90.6 Å². The van der Waals surface area contributed by atoms with E-state index in [1.807, 2.05) is 20.8 Å². The molecule has 0 saturated heterocycles. The summed E-state index contributed by atoms with van der Waals surface area (Å²) in [5.74, 6) is -3.31. The molecule has 202 valence electrons. The van der Waals surface area contributed by atoms with E-state index < -0.39 is 29.3 Å². The van der Waals surface area contributed by atoms with Crippen molar-refractivity contribution in [1.29, 1.82) is 0 Å². The minimum absolute atomic E-state index is 0.0972. The first-order valence-corrected chi connectivity index (χ1v) is 13.3. The monoisotopic (exact) mass is 513 g/mol. The molecule has 0 aromatic heterocycles. The van der Waals surface area contributed by atoms with E-state index >= 15 is 0 Å². The van der Waals surface area contributed by atoms with Gasteiger partial charge < -0.3 is 15.7 Å². The van der Waals surface area contributed by atoms with Gasteiger partial charge in [0.25, 0.3) is 11.8 Å². The molecule has 4 amide bonds. The maximum Gasteiger partial charge on any atom is 0.304 e. The quantitative estimate of drug-likeness (QED) is 0.306. The van der Waals surface area contributed by atoms with Gasteiger partial charge in [-0.1, -0.05) is 58.6 Å². The Morgan fingerprint density at radius 1 is 0.973 bits per heavy atom. The van der Waals surface area contributed by atoms with Crippen molar-refractivity contribution >= 4 is 29.6 Å². The molecule has 0 radical (unpaired) electrons. The number of unbranched alkanes of at least 4 members (excludes halogenated alkanes) is 1. The maximum atomic E-state index is 13.2. The zero-order chi connectivity index (χ0) is 27.2. The van der Waals surface area contributed by atoms with E-state index in [0.29, 0.717) is 24.0 Å². The summed E-state index contributed by atoms with van der Waals surface area (Å²) >= 11 is 0. The standard InChI is InChI=1S/C28H39N3O6/c1-28(2,3)23(25(35)29-19-12-5-4-6-13-19)30-24(34)18(17-22(32)33)11-9-10-16-31-26(36)20-14-7-8-15-21(20)27(31)37/h7-8,14-15,18-19,23H,4-6,9-13,16-17H2,1-3H3,(H,29,35)(H,30,34)(H,32,33)/t18-,23?/m1/s1. The first-order chi connectivity index (χ1) is 17.5. The summed E-state index contributed by atoms with van der Waals surface area (Å²) in [4.78, 5) is 64.0. The highest BCUT2D eigenvalue weighted by Gasteiger charge is 2.37. The van der Waals surface area contributed by atoms with Gasteiger partial charge >= 0.3 is 5.97 Å². The van der Waals surface area contributed by atoms with Crippen LogP contribution < -0.4 is 10.6 Å². The third-order valence-corrected chi connectivity index (χ3v) is 7.22. The van der Waals surface area contributed by atoms with Gasteiger partial charge in [-0.05, 0) is 43.2 Å². The van der Waals surface area contributed by atoms with Crippen LogP contribution in [0.25, 0.3) is 0 Å². The molecule has 9 heteroatoms. The van der Waals surface area contributed by atoms with E-state index in [4.69, 9.17) is 0 Å². The number of imide groups is 1. The van der Waals surface area contributed by atoms with Crippen LogP contribution in [0.3, 0.4) is 0 Å². The number of aliphatic carboxylic acids is 1. The molecule has 2 aliphatic rings. The van der Waals surface area contributed by atoms with Crippen LogP contribution in [-0.4, -0.2) is 58.2 Å². The summed E-state index contributed by atoms with van der Waals surface area (Å²) in [6.07, 6.45) is 5.94. The lowest BCUT2D eigenvalue weighted by atomic mass is 9.84. The van der Waals surface area contributed by atoms with E-state index in [1.165, 1.54) is 4.90 Å². The Balaban J connectivity index is 1.57. The molecule has 37 heavy (non-hydrogen) atoms. The van der Waals surface area contributed by atoms with Crippen LogP contribution in [0.4, 0.5) is 0 Å². The fourth-order valence-electron chi connectivity index (χ4n) is 5.11. The Bertz CT molecular complexity index is 990. The van der Waals surface area contributed by atoms with Crippen molar-refractivity contribution in [3.8, 4) is 0 Å². The molecule has 1 aromatic rings. The first-order valence-electron chi connectivity index (χ1n) is 13.3. The molecule has 3 N–H and O–H groups in total. The second-order valence-corrected chi connectivity index (χ2v) is 11.2. The number of nitrogens with one attached hydrogen (secondary N) is 2. The molecular weight excluding hydrogens is 474 g/mol. The largest absolute Gasteiger partial charge is 0.481 e. The predicted molar refractivity (Wildman–Crippen MR) is 138 cm³/mol. The average Bonchev–Trinajstić information content (AvgIpc) is 3.08. The van der Waals surface area contributed by atoms with Gasteiger partial charge in [0.15, 0.2) is 0 Å². The highest BCUT2D eigenvalue weighted by molar-refractivity contribution is 6.21. The lowest BCUT2D eigenvalue weighted by molar-refractivity contribution is -0.142. The number of carboxylic acid groups (broad SMARTS) is 1. The number of rotatable bonds is 11. The third kappa shape index (κ3) is 7.40. The molecule has 0 spiro atoms. The molecule has 1 saturated carbocycles. The summed E-state index contributed by atoms with van der Waals surface area (Å²) in [6.45, 7) is 5.80. The van der Waals surface area contributed by atoms with Crippen molar-refractivity contribution in [1.82, 2.24) is 15.5 Å². The molecule has 2 atom stereocenters. The van der Waals surface area contributed by atoms with Crippen LogP contribution in [0, 0.1) is 11.3 Å². The van der Waals surface area contributed by atoms with Gasteiger partial charge in [0.05, 0.1) is 17.5 Å². The van der Waals surface area contributed by atoms with Crippen LogP contribution in [0.15, 0.2) is 24.3 Å². The van der Waals surface area contributed by atoms with Crippen molar-refractivity contribution in [3.63, 3.8) is 0 Å². The van der Waals surface area contributed by atoms with Gasteiger partial charge in [0.2, 0.25) is 11.8 Å². The van der Waals surface area contributed by atoms with Crippen LogP contribution in [0.5, 0.6) is 0 Å². The number of hydrogen-bond donors (Lipinski definition) is 3. The fraction of sp³-hybridized carbons (Fsp3) is 0.607. The summed E-state index contributed by atoms with van der Waals surface area (Å²) in [5, 5.41) is 15.3. The first kappa shape index (κ1) is 28.3. The molecule has 1 heterocycles. The molecule has 0 bridgehead atoms. The zero-order valence-electron chi connectivity index (χ0n) is 22.0. The van der Waals surface area contributed by atoms with Crippen LogP contribution >= 0.6 is 0 Å². The van der Waals surface area contributed by atoms with E-state index in [-0.39, 0.29) is 43.1 Å². The second kappa shape index (κ2) is 12.3. The van der Waals surface area contributed by atoms with E-state index in [2.05, 4.69) is 10.6 Å². The minimum atomic E-state index is -1.10. The normalized spacial score (nSPS) is 17.8.